The maximum absolute atomic E-state index is 11.4. The molecule has 94 valence electrons. The number of carbonyl (C=O) groups excluding carboxylic acids is 2. The highest BCUT2D eigenvalue weighted by Crippen LogP contribution is 2.58. The van der Waals surface area contributed by atoms with Gasteiger partial charge in [-0.3, -0.25) is 4.79 Å². The van der Waals surface area contributed by atoms with Crippen LogP contribution in [0.4, 0.5) is 0 Å². The summed E-state index contributed by atoms with van der Waals surface area (Å²) in [6.07, 6.45) is 8.26. The van der Waals surface area contributed by atoms with Gasteiger partial charge < -0.3 is 4.79 Å². The zero-order chi connectivity index (χ0) is 12.7. The minimum Gasteiger partial charge on any atom is -0.303 e. The number of carbonyl (C=O) groups is 2. The highest BCUT2D eigenvalue weighted by atomic mass is 16.1. The molecule has 0 bridgehead atoms. The van der Waals surface area contributed by atoms with Crippen molar-refractivity contribution in [2.75, 3.05) is 0 Å². The van der Waals surface area contributed by atoms with Crippen LogP contribution < -0.4 is 0 Å². The van der Waals surface area contributed by atoms with Crippen LogP contribution in [0.2, 0.25) is 0 Å². The third kappa shape index (κ3) is 1.78. The summed E-state index contributed by atoms with van der Waals surface area (Å²) in [5, 5.41) is 0. The quantitative estimate of drug-likeness (QED) is 0.688. The van der Waals surface area contributed by atoms with E-state index < -0.39 is 0 Å². The highest BCUT2D eigenvalue weighted by molar-refractivity contribution is 5.82. The van der Waals surface area contributed by atoms with Crippen LogP contribution in [-0.2, 0) is 9.59 Å². The first-order valence-corrected chi connectivity index (χ1v) is 6.56. The van der Waals surface area contributed by atoms with E-state index in [1.54, 1.807) is 0 Å². The van der Waals surface area contributed by atoms with Gasteiger partial charge >= 0.3 is 0 Å². The predicted molar refractivity (Wildman–Crippen MR) is 67.5 cm³/mol. The molecule has 0 aromatic heterocycles. The Balaban J connectivity index is 2.45. The molecule has 3 atom stereocenters. The smallest absolute Gasteiger partial charge is 0.146 e. The Bertz CT molecular complexity index is 367. The Kier molecular flexibility index (Phi) is 3.01. The maximum atomic E-state index is 11.4. The van der Waals surface area contributed by atoms with Crippen molar-refractivity contribution in [3.05, 3.63) is 11.6 Å². The SMILES string of the molecule is CC1(C)CCC[C@]2(C)C(C=O)C(C=O)=CCC12. The number of aldehydes is 2. The fraction of sp³-hybridized carbons (Fsp3) is 0.733. The predicted octanol–water partition coefficient (Wildman–Crippen LogP) is 3.16. The summed E-state index contributed by atoms with van der Waals surface area (Å²) in [6, 6.07) is 0. The van der Waals surface area contributed by atoms with E-state index in [1.165, 1.54) is 6.42 Å². The van der Waals surface area contributed by atoms with Crippen molar-refractivity contribution in [3.63, 3.8) is 0 Å². The van der Waals surface area contributed by atoms with Crippen molar-refractivity contribution >= 4 is 12.6 Å². The number of allylic oxidation sites excluding steroid dienone is 2. The lowest BCUT2D eigenvalue weighted by atomic mass is 9.49. The first-order valence-electron chi connectivity index (χ1n) is 6.56. The molecular formula is C15H22O2. The Morgan fingerprint density at radius 2 is 1.94 bits per heavy atom. The van der Waals surface area contributed by atoms with Gasteiger partial charge in [-0.05, 0) is 41.6 Å². The van der Waals surface area contributed by atoms with Crippen LogP contribution in [0.25, 0.3) is 0 Å². The molecule has 2 heteroatoms. The maximum Gasteiger partial charge on any atom is 0.146 e. The summed E-state index contributed by atoms with van der Waals surface area (Å²) in [5.74, 6) is 0.320. The first-order chi connectivity index (χ1) is 7.95. The number of hydrogen-bond acceptors (Lipinski definition) is 2. The summed E-state index contributed by atoms with van der Waals surface area (Å²) in [6.45, 7) is 6.81. The van der Waals surface area contributed by atoms with E-state index in [-0.39, 0.29) is 16.7 Å². The van der Waals surface area contributed by atoms with Crippen LogP contribution in [0, 0.1) is 22.7 Å². The van der Waals surface area contributed by atoms with Gasteiger partial charge in [0.1, 0.15) is 12.6 Å². The van der Waals surface area contributed by atoms with Crippen molar-refractivity contribution < 1.29 is 9.59 Å². The van der Waals surface area contributed by atoms with Gasteiger partial charge in [0.15, 0.2) is 0 Å². The van der Waals surface area contributed by atoms with Gasteiger partial charge in [-0.25, -0.2) is 0 Å². The topological polar surface area (TPSA) is 34.1 Å². The minimum absolute atomic E-state index is 0.0194. The van der Waals surface area contributed by atoms with E-state index >= 15 is 0 Å². The van der Waals surface area contributed by atoms with Gasteiger partial charge in [0, 0.05) is 5.92 Å². The third-order valence-electron chi connectivity index (χ3n) is 5.21. The third-order valence-corrected chi connectivity index (χ3v) is 5.21. The van der Waals surface area contributed by atoms with Gasteiger partial charge in [-0.1, -0.05) is 33.3 Å². The molecule has 0 heterocycles. The van der Waals surface area contributed by atoms with E-state index in [9.17, 15) is 9.59 Å². The molecule has 0 spiro atoms. The van der Waals surface area contributed by atoms with Crippen molar-refractivity contribution in [1.82, 2.24) is 0 Å². The zero-order valence-electron chi connectivity index (χ0n) is 11.0. The molecule has 0 aliphatic heterocycles. The van der Waals surface area contributed by atoms with Gasteiger partial charge in [0.05, 0.1) is 0 Å². The monoisotopic (exact) mass is 234 g/mol. The average Bonchev–Trinajstić information content (AvgIpc) is 2.26. The Labute approximate surface area is 103 Å². The average molecular weight is 234 g/mol. The Morgan fingerprint density at radius 1 is 1.24 bits per heavy atom. The van der Waals surface area contributed by atoms with E-state index in [2.05, 4.69) is 20.8 Å². The van der Waals surface area contributed by atoms with Crippen molar-refractivity contribution in [1.29, 1.82) is 0 Å². The van der Waals surface area contributed by atoms with E-state index in [4.69, 9.17) is 0 Å². The second kappa shape index (κ2) is 4.08. The molecule has 0 aromatic rings. The van der Waals surface area contributed by atoms with Crippen LogP contribution in [-0.4, -0.2) is 12.6 Å². The molecule has 0 saturated heterocycles. The molecular weight excluding hydrogens is 212 g/mol. The fourth-order valence-electron chi connectivity index (χ4n) is 4.24. The standard InChI is InChI=1S/C15H22O2/c1-14(2)7-4-8-15(3)12(10-17)11(9-16)5-6-13(14)15/h5,9-10,12-13H,4,6-8H2,1-3H3/t12?,13?,15-/m1/s1. The van der Waals surface area contributed by atoms with Gasteiger partial charge in [-0.15, -0.1) is 0 Å². The van der Waals surface area contributed by atoms with Crippen LogP contribution in [0.1, 0.15) is 46.5 Å². The van der Waals surface area contributed by atoms with Crippen LogP contribution in [0.15, 0.2) is 11.6 Å². The van der Waals surface area contributed by atoms with Crippen molar-refractivity contribution in [2.45, 2.75) is 46.5 Å². The van der Waals surface area contributed by atoms with E-state index in [0.717, 1.165) is 31.8 Å². The lowest BCUT2D eigenvalue weighted by Gasteiger charge is -2.55. The van der Waals surface area contributed by atoms with Crippen LogP contribution in [0.3, 0.4) is 0 Å². The summed E-state index contributed by atoms with van der Waals surface area (Å²) in [5.41, 5.74) is 0.963. The molecule has 1 saturated carbocycles. The molecule has 2 nitrogen and oxygen atoms in total. The summed E-state index contributed by atoms with van der Waals surface area (Å²) in [4.78, 5) is 22.5. The minimum atomic E-state index is -0.196. The van der Waals surface area contributed by atoms with Crippen molar-refractivity contribution in [3.8, 4) is 0 Å². The van der Waals surface area contributed by atoms with Crippen molar-refractivity contribution in [2.24, 2.45) is 22.7 Å². The first kappa shape index (κ1) is 12.5. The number of fused-ring (bicyclic) bond motifs is 1. The lowest BCUT2D eigenvalue weighted by Crippen LogP contribution is -2.49. The summed E-state index contributed by atoms with van der Waals surface area (Å²) in [7, 11) is 0. The summed E-state index contributed by atoms with van der Waals surface area (Å²) < 4.78 is 0. The molecule has 0 radical (unpaired) electrons. The zero-order valence-corrected chi connectivity index (χ0v) is 11.0. The number of rotatable bonds is 2. The van der Waals surface area contributed by atoms with E-state index in [0.29, 0.717) is 11.5 Å². The molecule has 0 N–H and O–H groups in total. The second-order valence-electron chi connectivity index (χ2n) is 6.57. The lowest BCUT2D eigenvalue weighted by molar-refractivity contribution is -0.122. The Morgan fingerprint density at radius 3 is 2.53 bits per heavy atom. The molecule has 2 unspecified atom stereocenters. The van der Waals surface area contributed by atoms with Crippen LogP contribution in [0.5, 0.6) is 0 Å². The molecule has 0 amide bonds. The molecule has 2 rings (SSSR count). The second-order valence-corrected chi connectivity index (χ2v) is 6.57. The normalized spacial score (nSPS) is 40.1. The van der Waals surface area contributed by atoms with Crippen LogP contribution >= 0.6 is 0 Å². The van der Waals surface area contributed by atoms with E-state index in [1.807, 2.05) is 6.08 Å². The highest BCUT2D eigenvalue weighted by Gasteiger charge is 2.52. The number of hydrogen-bond donors (Lipinski definition) is 0. The fourth-order valence-corrected chi connectivity index (χ4v) is 4.24. The Hall–Kier alpha value is -0.920. The largest absolute Gasteiger partial charge is 0.303 e. The molecule has 2 aliphatic rings. The van der Waals surface area contributed by atoms with Gasteiger partial charge in [0.25, 0.3) is 0 Å². The molecule has 1 fully saturated rings. The van der Waals surface area contributed by atoms with Gasteiger partial charge in [0.2, 0.25) is 0 Å². The molecule has 2 aliphatic carbocycles. The molecule has 0 aromatic carbocycles. The summed E-state index contributed by atoms with van der Waals surface area (Å²) >= 11 is 0. The molecule has 17 heavy (non-hydrogen) atoms. The van der Waals surface area contributed by atoms with Gasteiger partial charge in [-0.2, -0.15) is 0 Å².